The van der Waals surface area contributed by atoms with Crippen LogP contribution >= 0.6 is 0 Å². The molecule has 0 amide bonds. The fourth-order valence-electron chi connectivity index (χ4n) is 1.48. The quantitative estimate of drug-likeness (QED) is 0.845. The Kier molecular flexibility index (Phi) is 4.38. The highest BCUT2D eigenvalue weighted by molar-refractivity contribution is 5.93. The van der Waals surface area contributed by atoms with Gasteiger partial charge in [0.15, 0.2) is 11.5 Å². The molecule has 1 rings (SSSR count). The Labute approximate surface area is 107 Å². The van der Waals surface area contributed by atoms with E-state index in [0.717, 1.165) is 0 Å². The number of carbonyl (C=O) groups is 1. The van der Waals surface area contributed by atoms with Gasteiger partial charge in [0.25, 0.3) is 5.78 Å². The van der Waals surface area contributed by atoms with E-state index in [4.69, 9.17) is 14.7 Å². The fourth-order valence-corrected chi connectivity index (χ4v) is 1.48. The van der Waals surface area contributed by atoms with Gasteiger partial charge >= 0.3 is 6.18 Å². The van der Waals surface area contributed by atoms with Gasteiger partial charge in [-0.25, -0.2) is 0 Å². The van der Waals surface area contributed by atoms with E-state index in [2.05, 4.69) is 0 Å². The maximum Gasteiger partial charge on any atom is 0.451 e. The number of ether oxygens (including phenoxy) is 2. The van der Waals surface area contributed by atoms with E-state index in [9.17, 15) is 18.0 Å². The third kappa shape index (κ3) is 3.16. The lowest BCUT2D eigenvalue weighted by molar-refractivity contribution is -0.171. The molecule has 19 heavy (non-hydrogen) atoms. The van der Waals surface area contributed by atoms with Crippen LogP contribution in [0.2, 0.25) is 0 Å². The lowest BCUT2D eigenvalue weighted by Crippen LogP contribution is -2.28. The zero-order chi connectivity index (χ0) is 14.6. The highest BCUT2D eigenvalue weighted by Crippen LogP contribution is 2.33. The maximum atomic E-state index is 12.3. The summed E-state index contributed by atoms with van der Waals surface area (Å²) in [6.07, 6.45) is -5.06. The van der Waals surface area contributed by atoms with E-state index in [1.54, 1.807) is 0 Å². The second-order valence-electron chi connectivity index (χ2n) is 3.54. The Balaban J connectivity index is 3.21. The van der Waals surface area contributed by atoms with Crippen molar-refractivity contribution < 1.29 is 27.4 Å². The Morgan fingerprint density at radius 3 is 2.26 bits per heavy atom. The number of nitriles is 1. The molecule has 0 aromatic heterocycles. The van der Waals surface area contributed by atoms with Crippen LogP contribution in [-0.2, 0) is 4.79 Å². The number of carbonyl (C=O) groups excluding carboxylic acids is 1. The first-order valence-corrected chi connectivity index (χ1v) is 5.07. The molecule has 0 saturated heterocycles. The average molecular weight is 273 g/mol. The van der Waals surface area contributed by atoms with E-state index < -0.39 is 17.9 Å². The second-order valence-corrected chi connectivity index (χ2v) is 3.54. The number of hydrogen-bond acceptors (Lipinski definition) is 4. The first kappa shape index (κ1) is 14.8. The fraction of sp³-hybridized carbons (Fsp3) is 0.333. The van der Waals surface area contributed by atoms with Crippen molar-refractivity contribution in [2.45, 2.75) is 12.1 Å². The van der Waals surface area contributed by atoms with Crippen LogP contribution in [0.25, 0.3) is 0 Å². The van der Waals surface area contributed by atoms with E-state index in [-0.39, 0.29) is 11.3 Å². The molecular formula is C12H10F3NO3. The molecule has 0 spiro atoms. The van der Waals surface area contributed by atoms with Gasteiger partial charge in [-0.2, -0.15) is 18.4 Å². The van der Waals surface area contributed by atoms with Crippen LogP contribution in [0, 0.1) is 11.3 Å². The molecule has 102 valence electrons. The van der Waals surface area contributed by atoms with Crippen LogP contribution in [0.3, 0.4) is 0 Å². The first-order chi connectivity index (χ1) is 8.85. The Morgan fingerprint density at radius 1 is 1.26 bits per heavy atom. The number of hydrogen-bond donors (Lipinski definition) is 0. The number of methoxy groups -OCH3 is 2. The standard InChI is InChI=1S/C12H10F3NO3/c1-18-9-4-3-7(5-10(9)19-2)8(6-16)11(17)12(13,14)15/h3-5,8H,1-2H3. The summed E-state index contributed by atoms with van der Waals surface area (Å²) in [6.45, 7) is 0. The molecule has 0 aliphatic heterocycles. The summed E-state index contributed by atoms with van der Waals surface area (Å²) in [7, 11) is 2.66. The number of Topliss-reactive ketones (excluding diaryl/α,β-unsaturated/α-hetero) is 1. The minimum atomic E-state index is -5.06. The van der Waals surface area contributed by atoms with Crippen LogP contribution < -0.4 is 9.47 Å². The van der Waals surface area contributed by atoms with E-state index >= 15 is 0 Å². The Morgan fingerprint density at radius 2 is 1.84 bits per heavy atom. The van der Waals surface area contributed by atoms with Gasteiger partial charge in [0, 0.05) is 0 Å². The predicted molar refractivity (Wildman–Crippen MR) is 59.0 cm³/mol. The molecule has 4 nitrogen and oxygen atoms in total. The van der Waals surface area contributed by atoms with Crippen LogP contribution in [0.15, 0.2) is 18.2 Å². The highest BCUT2D eigenvalue weighted by Gasteiger charge is 2.44. The zero-order valence-electron chi connectivity index (χ0n) is 10.1. The number of nitrogens with zero attached hydrogens (tertiary/aromatic N) is 1. The van der Waals surface area contributed by atoms with Crippen molar-refractivity contribution in [2.24, 2.45) is 0 Å². The number of halogens is 3. The Bertz CT molecular complexity index is 520. The van der Waals surface area contributed by atoms with E-state index in [1.807, 2.05) is 0 Å². The van der Waals surface area contributed by atoms with E-state index in [1.165, 1.54) is 38.5 Å². The van der Waals surface area contributed by atoms with Gasteiger partial charge in [0.1, 0.15) is 5.92 Å². The second kappa shape index (κ2) is 5.61. The van der Waals surface area contributed by atoms with Crippen molar-refractivity contribution in [3.05, 3.63) is 23.8 Å². The summed E-state index contributed by atoms with van der Waals surface area (Å²) in [5, 5.41) is 8.76. The summed E-state index contributed by atoms with van der Waals surface area (Å²) in [6, 6.07) is 5.08. The summed E-state index contributed by atoms with van der Waals surface area (Å²) in [5.74, 6) is -3.58. The van der Waals surface area contributed by atoms with E-state index in [0.29, 0.717) is 5.75 Å². The van der Waals surface area contributed by atoms with Crippen molar-refractivity contribution in [1.29, 1.82) is 5.26 Å². The van der Waals surface area contributed by atoms with Crippen molar-refractivity contribution in [2.75, 3.05) is 14.2 Å². The number of rotatable bonds is 4. The largest absolute Gasteiger partial charge is 0.493 e. The summed E-state index contributed by atoms with van der Waals surface area (Å²) < 4.78 is 46.9. The van der Waals surface area contributed by atoms with Crippen molar-refractivity contribution in [3.8, 4) is 17.6 Å². The number of ketones is 1. The third-order valence-corrected chi connectivity index (χ3v) is 2.41. The lowest BCUT2D eigenvalue weighted by atomic mass is 9.95. The SMILES string of the molecule is COc1ccc(C(C#N)C(=O)C(F)(F)F)cc1OC. The van der Waals surface area contributed by atoms with Crippen LogP contribution in [0.1, 0.15) is 11.5 Å². The molecule has 0 aliphatic rings. The molecule has 0 heterocycles. The average Bonchev–Trinajstić information content (AvgIpc) is 2.38. The molecule has 0 N–H and O–H groups in total. The van der Waals surface area contributed by atoms with Gasteiger partial charge in [-0.15, -0.1) is 0 Å². The summed E-state index contributed by atoms with van der Waals surface area (Å²) in [5.41, 5.74) is -0.0949. The zero-order valence-corrected chi connectivity index (χ0v) is 10.1. The maximum absolute atomic E-state index is 12.3. The molecule has 0 aliphatic carbocycles. The van der Waals surface area contributed by atoms with Crippen LogP contribution in [0.4, 0.5) is 13.2 Å². The molecule has 0 saturated carbocycles. The van der Waals surface area contributed by atoms with Crippen molar-refractivity contribution in [3.63, 3.8) is 0 Å². The molecule has 1 aromatic rings. The van der Waals surface area contributed by atoms with Crippen molar-refractivity contribution in [1.82, 2.24) is 0 Å². The molecule has 0 bridgehead atoms. The molecular weight excluding hydrogens is 263 g/mol. The van der Waals surface area contributed by atoms with Gasteiger partial charge < -0.3 is 9.47 Å². The van der Waals surface area contributed by atoms with Crippen molar-refractivity contribution >= 4 is 5.78 Å². The topological polar surface area (TPSA) is 59.3 Å². The first-order valence-electron chi connectivity index (χ1n) is 5.07. The molecule has 0 radical (unpaired) electrons. The predicted octanol–water partition coefficient (Wildman–Crippen LogP) is 2.44. The van der Waals surface area contributed by atoms with Gasteiger partial charge in [-0.3, -0.25) is 4.79 Å². The monoisotopic (exact) mass is 273 g/mol. The minimum Gasteiger partial charge on any atom is -0.493 e. The van der Waals surface area contributed by atoms with Gasteiger partial charge in [0.2, 0.25) is 0 Å². The molecule has 0 fully saturated rings. The molecule has 1 atom stereocenters. The normalized spacial score (nSPS) is 12.4. The smallest absolute Gasteiger partial charge is 0.451 e. The van der Waals surface area contributed by atoms with Gasteiger partial charge in [-0.1, -0.05) is 6.07 Å². The highest BCUT2D eigenvalue weighted by atomic mass is 19.4. The third-order valence-electron chi connectivity index (χ3n) is 2.41. The summed E-state index contributed by atoms with van der Waals surface area (Å²) in [4.78, 5) is 11.1. The van der Waals surface area contributed by atoms with Crippen LogP contribution in [0.5, 0.6) is 11.5 Å². The minimum absolute atomic E-state index is 0.0949. The van der Waals surface area contributed by atoms with Crippen LogP contribution in [-0.4, -0.2) is 26.2 Å². The molecule has 7 heteroatoms. The van der Waals surface area contributed by atoms with Gasteiger partial charge in [-0.05, 0) is 17.7 Å². The lowest BCUT2D eigenvalue weighted by Gasteiger charge is -2.13. The molecule has 1 aromatic carbocycles. The number of benzene rings is 1. The molecule has 1 unspecified atom stereocenters. The number of alkyl halides is 3. The Hall–Kier alpha value is -2.23. The van der Waals surface area contributed by atoms with Gasteiger partial charge in [0.05, 0.1) is 20.3 Å². The summed E-state index contributed by atoms with van der Waals surface area (Å²) >= 11 is 0.